The van der Waals surface area contributed by atoms with Gasteiger partial charge in [0, 0.05) is 42.1 Å². The summed E-state index contributed by atoms with van der Waals surface area (Å²) < 4.78 is 10.7. The van der Waals surface area contributed by atoms with Crippen molar-refractivity contribution in [1.29, 1.82) is 0 Å². The van der Waals surface area contributed by atoms with Gasteiger partial charge in [-0.15, -0.1) is 11.3 Å². The standard InChI is InChI=1S/C22H25NO4S/c1-11(2)20-9-16-21(28-20)10-23-17-6-5-14-7-18(26-12(3)24)19(27-13(4)25)8-15(14)22(16)17/h7-9,11,17,22-23H,5-6,10H2,1-4H3/t17-,22+/m1/s1. The van der Waals surface area contributed by atoms with Crippen LogP contribution >= 0.6 is 11.3 Å². The summed E-state index contributed by atoms with van der Waals surface area (Å²) in [7, 11) is 0. The summed E-state index contributed by atoms with van der Waals surface area (Å²) in [5, 5.41) is 3.69. The highest BCUT2D eigenvalue weighted by molar-refractivity contribution is 7.12. The van der Waals surface area contributed by atoms with E-state index in [2.05, 4.69) is 25.2 Å². The Kier molecular flexibility index (Phi) is 5.02. The molecule has 0 unspecified atom stereocenters. The van der Waals surface area contributed by atoms with E-state index in [0.717, 1.165) is 30.5 Å². The molecule has 1 aromatic heterocycles. The SMILES string of the molecule is CC(=O)Oc1cc2c(cc1OC(C)=O)[C@H]1c3cc(C(C)C)sc3CN[C@@H]1CC2. The van der Waals surface area contributed by atoms with Crippen LogP contribution in [0.5, 0.6) is 11.5 Å². The zero-order valence-corrected chi connectivity index (χ0v) is 17.4. The van der Waals surface area contributed by atoms with Crippen LogP contribution in [0, 0.1) is 0 Å². The molecule has 1 aliphatic heterocycles. The Balaban J connectivity index is 1.83. The fourth-order valence-corrected chi connectivity index (χ4v) is 5.43. The number of aryl methyl sites for hydroxylation is 1. The maximum Gasteiger partial charge on any atom is 0.308 e. The van der Waals surface area contributed by atoms with E-state index < -0.39 is 11.9 Å². The van der Waals surface area contributed by atoms with Crippen LogP contribution in [0.4, 0.5) is 0 Å². The number of hydrogen-bond acceptors (Lipinski definition) is 6. The van der Waals surface area contributed by atoms with E-state index in [9.17, 15) is 9.59 Å². The summed E-state index contributed by atoms with van der Waals surface area (Å²) in [6, 6.07) is 6.48. The van der Waals surface area contributed by atoms with E-state index in [1.54, 1.807) is 0 Å². The van der Waals surface area contributed by atoms with Crippen molar-refractivity contribution in [2.45, 2.75) is 65.0 Å². The monoisotopic (exact) mass is 399 g/mol. The van der Waals surface area contributed by atoms with E-state index in [4.69, 9.17) is 9.47 Å². The molecule has 0 bridgehead atoms. The van der Waals surface area contributed by atoms with E-state index in [1.165, 1.54) is 29.2 Å². The minimum absolute atomic E-state index is 0.219. The number of carbonyl (C=O) groups excluding carboxylic acids is 2. The molecule has 2 aliphatic rings. The third-order valence-electron chi connectivity index (χ3n) is 5.46. The average Bonchev–Trinajstić information content (AvgIpc) is 3.05. The van der Waals surface area contributed by atoms with Crippen LogP contribution in [0.25, 0.3) is 0 Å². The first-order chi connectivity index (χ1) is 13.3. The second-order valence-electron chi connectivity index (χ2n) is 7.87. The lowest BCUT2D eigenvalue weighted by Gasteiger charge is -2.38. The Hall–Kier alpha value is -2.18. The van der Waals surface area contributed by atoms with Gasteiger partial charge in [-0.3, -0.25) is 9.59 Å². The smallest absolute Gasteiger partial charge is 0.308 e. The minimum Gasteiger partial charge on any atom is -0.423 e. The van der Waals surface area contributed by atoms with Gasteiger partial charge in [0.2, 0.25) is 0 Å². The molecular formula is C22H25NO4S. The number of benzene rings is 1. The van der Waals surface area contributed by atoms with E-state index in [0.29, 0.717) is 23.5 Å². The fraction of sp³-hybridized carbons (Fsp3) is 0.455. The molecule has 1 N–H and O–H groups in total. The van der Waals surface area contributed by atoms with Crippen molar-refractivity contribution in [2.75, 3.05) is 0 Å². The first-order valence-corrected chi connectivity index (χ1v) is 10.5. The Bertz CT molecular complexity index is 946. The van der Waals surface area contributed by atoms with Crippen LogP contribution in [-0.2, 0) is 22.6 Å². The molecule has 0 spiro atoms. The number of rotatable bonds is 3. The van der Waals surface area contributed by atoms with Crippen molar-refractivity contribution in [3.05, 3.63) is 44.6 Å². The summed E-state index contributed by atoms with van der Waals surface area (Å²) in [5.41, 5.74) is 3.69. The lowest BCUT2D eigenvalue weighted by molar-refractivity contribution is -0.134. The van der Waals surface area contributed by atoms with Gasteiger partial charge >= 0.3 is 11.9 Å². The lowest BCUT2D eigenvalue weighted by atomic mass is 9.74. The number of hydrogen-bond donors (Lipinski definition) is 1. The van der Waals surface area contributed by atoms with Crippen LogP contribution in [0.1, 0.15) is 72.4 Å². The highest BCUT2D eigenvalue weighted by Gasteiger charge is 2.37. The summed E-state index contributed by atoms with van der Waals surface area (Å²) in [6.07, 6.45) is 1.92. The molecule has 0 fully saturated rings. The molecule has 148 valence electrons. The molecule has 2 atom stereocenters. The van der Waals surface area contributed by atoms with Crippen LogP contribution in [0.2, 0.25) is 0 Å². The van der Waals surface area contributed by atoms with Crippen LogP contribution in [-0.4, -0.2) is 18.0 Å². The van der Waals surface area contributed by atoms with E-state index in [1.807, 2.05) is 23.5 Å². The molecule has 28 heavy (non-hydrogen) atoms. The minimum atomic E-state index is -0.430. The van der Waals surface area contributed by atoms with Gasteiger partial charge in [0.05, 0.1) is 0 Å². The molecule has 0 radical (unpaired) electrons. The van der Waals surface area contributed by atoms with Crippen LogP contribution in [0.15, 0.2) is 18.2 Å². The van der Waals surface area contributed by atoms with Crippen LogP contribution in [0.3, 0.4) is 0 Å². The number of ether oxygens (including phenoxy) is 2. The Morgan fingerprint density at radius 2 is 1.75 bits per heavy atom. The first-order valence-electron chi connectivity index (χ1n) is 9.73. The van der Waals surface area contributed by atoms with Crippen molar-refractivity contribution in [1.82, 2.24) is 5.32 Å². The average molecular weight is 400 g/mol. The Morgan fingerprint density at radius 3 is 2.39 bits per heavy atom. The molecule has 0 amide bonds. The molecule has 5 nitrogen and oxygen atoms in total. The zero-order chi connectivity index (χ0) is 20.0. The van der Waals surface area contributed by atoms with Crippen molar-refractivity contribution in [3.63, 3.8) is 0 Å². The normalized spacial score (nSPS) is 20.2. The largest absolute Gasteiger partial charge is 0.423 e. The van der Waals surface area contributed by atoms with Crippen LogP contribution < -0.4 is 14.8 Å². The van der Waals surface area contributed by atoms with Gasteiger partial charge < -0.3 is 14.8 Å². The molecular weight excluding hydrogens is 374 g/mol. The molecule has 4 rings (SSSR count). The molecule has 2 heterocycles. The van der Waals surface area contributed by atoms with Gasteiger partial charge in [-0.2, -0.15) is 0 Å². The second-order valence-corrected chi connectivity index (χ2v) is 9.04. The maximum absolute atomic E-state index is 11.6. The number of fused-ring (bicyclic) bond motifs is 5. The topological polar surface area (TPSA) is 64.6 Å². The quantitative estimate of drug-likeness (QED) is 0.617. The van der Waals surface area contributed by atoms with Crippen molar-refractivity contribution < 1.29 is 19.1 Å². The summed E-state index contributed by atoms with van der Waals surface area (Å²) in [6.45, 7) is 8.06. The first kappa shape index (κ1) is 19.2. The molecule has 0 saturated carbocycles. The third-order valence-corrected chi connectivity index (χ3v) is 6.92. The highest BCUT2D eigenvalue weighted by Crippen LogP contribution is 2.47. The second kappa shape index (κ2) is 7.33. The Labute approximate surface area is 169 Å². The highest BCUT2D eigenvalue weighted by atomic mass is 32.1. The van der Waals surface area contributed by atoms with Crippen molar-refractivity contribution in [3.8, 4) is 11.5 Å². The van der Waals surface area contributed by atoms with Gasteiger partial charge in [0.15, 0.2) is 11.5 Å². The van der Waals surface area contributed by atoms with Crippen molar-refractivity contribution >= 4 is 23.3 Å². The van der Waals surface area contributed by atoms with E-state index >= 15 is 0 Å². The number of nitrogens with one attached hydrogen (secondary N) is 1. The molecule has 0 saturated heterocycles. The predicted molar refractivity (Wildman–Crippen MR) is 108 cm³/mol. The van der Waals surface area contributed by atoms with Gasteiger partial charge in [-0.05, 0) is 53.6 Å². The van der Waals surface area contributed by atoms with E-state index in [-0.39, 0.29) is 5.92 Å². The zero-order valence-electron chi connectivity index (χ0n) is 16.6. The molecule has 6 heteroatoms. The number of thiophene rings is 1. The van der Waals surface area contributed by atoms with Gasteiger partial charge in [-0.25, -0.2) is 0 Å². The van der Waals surface area contributed by atoms with Gasteiger partial charge in [0.1, 0.15) is 0 Å². The fourth-order valence-electron chi connectivity index (χ4n) is 4.27. The summed E-state index contributed by atoms with van der Waals surface area (Å²) in [5.74, 6) is 0.492. The summed E-state index contributed by atoms with van der Waals surface area (Å²) >= 11 is 1.88. The Morgan fingerprint density at radius 1 is 1.07 bits per heavy atom. The van der Waals surface area contributed by atoms with Gasteiger partial charge in [-0.1, -0.05) is 13.8 Å². The molecule has 1 aliphatic carbocycles. The lowest BCUT2D eigenvalue weighted by Crippen LogP contribution is -2.42. The van der Waals surface area contributed by atoms with Crippen molar-refractivity contribution in [2.24, 2.45) is 0 Å². The molecule has 1 aromatic carbocycles. The summed E-state index contributed by atoms with van der Waals surface area (Å²) in [4.78, 5) is 25.9. The van der Waals surface area contributed by atoms with Gasteiger partial charge in [0.25, 0.3) is 0 Å². The maximum atomic E-state index is 11.6. The predicted octanol–water partition coefficient (Wildman–Crippen LogP) is 4.27. The number of carbonyl (C=O) groups is 2. The molecule has 2 aromatic rings. The number of esters is 2. The third kappa shape index (κ3) is 3.47.